The normalized spacial score (nSPS) is 11.8. The van der Waals surface area contributed by atoms with Crippen LogP contribution in [-0.4, -0.2) is 44.6 Å². The van der Waals surface area contributed by atoms with Crippen LogP contribution < -0.4 is 10.1 Å². The van der Waals surface area contributed by atoms with Crippen LogP contribution in [0, 0.1) is 0 Å². The monoisotopic (exact) mass is 397 g/mol. The van der Waals surface area contributed by atoms with Crippen LogP contribution in [-0.2, 0) is 4.79 Å². The first-order valence-corrected chi connectivity index (χ1v) is 10.0. The van der Waals surface area contributed by atoms with E-state index >= 15 is 0 Å². The standard InChI is InChI=1S/C20H23N5O2S/c1-4-14(2)22-18(26)13-28-20-24-23-19(15-9-7-8-12-21-15)25(20)16-10-5-6-11-17(16)27-3/h5-12,14H,4,13H2,1-3H3,(H,22,26)/t14-/m0/s1. The van der Waals surface area contributed by atoms with E-state index in [1.165, 1.54) is 11.8 Å². The largest absolute Gasteiger partial charge is 0.495 e. The van der Waals surface area contributed by atoms with Gasteiger partial charge >= 0.3 is 0 Å². The maximum Gasteiger partial charge on any atom is 0.230 e. The third-order valence-electron chi connectivity index (χ3n) is 4.21. The lowest BCUT2D eigenvalue weighted by atomic mass is 10.2. The van der Waals surface area contributed by atoms with Crippen molar-refractivity contribution in [2.75, 3.05) is 12.9 Å². The molecule has 0 bridgehead atoms. The highest BCUT2D eigenvalue weighted by Crippen LogP contribution is 2.31. The van der Waals surface area contributed by atoms with Crippen molar-refractivity contribution in [3.8, 4) is 23.0 Å². The Labute approximate surface area is 168 Å². The predicted octanol–water partition coefficient (Wildman–Crippen LogP) is 3.34. The molecule has 0 fully saturated rings. The van der Waals surface area contributed by atoms with Gasteiger partial charge in [0.15, 0.2) is 11.0 Å². The molecule has 28 heavy (non-hydrogen) atoms. The van der Waals surface area contributed by atoms with E-state index in [1.54, 1.807) is 13.3 Å². The van der Waals surface area contributed by atoms with Crippen molar-refractivity contribution in [1.82, 2.24) is 25.1 Å². The third kappa shape index (κ3) is 4.51. The molecule has 3 rings (SSSR count). The van der Waals surface area contributed by atoms with E-state index in [-0.39, 0.29) is 17.7 Å². The first-order valence-electron chi connectivity index (χ1n) is 9.06. The molecule has 1 N–H and O–H groups in total. The zero-order valence-electron chi connectivity index (χ0n) is 16.1. The highest BCUT2D eigenvalue weighted by Gasteiger charge is 2.20. The van der Waals surface area contributed by atoms with Crippen molar-refractivity contribution in [1.29, 1.82) is 0 Å². The van der Waals surface area contributed by atoms with Crippen molar-refractivity contribution in [3.63, 3.8) is 0 Å². The molecule has 146 valence electrons. The van der Waals surface area contributed by atoms with Crippen molar-refractivity contribution in [2.45, 2.75) is 31.5 Å². The van der Waals surface area contributed by atoms with Crippen LogP contribution in [0.3, 0.4) is 0 Å². The number of aromatic nitrogens is 4. The van der Waals surface area contributed by atoms with E-state index < -0.39 is 0 Å². The summed E-state index contributed by atoms with van der Waals surface area (Å²) in [5.41, 5.74) is 1.48. The molecular formula is C20H23N5O2S. The minimum absolute atomic E-state index is 0.0340. The van der Waals surface area contributed by atoms with Crippen LogP contribution in [0.1, 0.15) is 20.3 Å². The predicted molar refractivity (Wildman–Crippen MR) is 110 cm³/mol. The Hall–Kier alpha value is -2.87. The topological polar surface area (TPSA) is 81.9 Å². The molecule has 0 saturated carbocycles. The molecule has 7 nitrogen and oxygen atoms in total. The zero-order chi connectivity index (χ0) is 19.9. The van der Waals surface area contributed by atoms with Crippen molar-refractivity contribution in [3.05, 3.63) is 48.7 Å². The van der Waals surface area contributed by atoms with Crippen molar-refractivity contribution in [2.24, 2.45) is 0 Å². The van der Waals surface area contributed by atoms with Gasteiger partial charge in [0.05, 0.1) is 18.6 Å². The first-order chi connectivity index (χ1) is 13.6. The number of para-hydroxylation sites is 2. The van der Waals surface area contributed by atoms with Gasteiger partial charge in [-0.15, -0.1) is 10.2 Å². The molecule has 1 atom stereocenters. The molecule has 8 heteroatoms. The van der Waals surface area contributed by atoms with E-state index in [0.717, 1.165) is 12.1 Å². The number of carbonyl (C=O) groups is 1. The van der Waals surface area contributed by atoms with Gasteiger partial charge in [-0.05, 0) is 37.6 Å². The lowest BCUT2D eigenvalue weighted by Crippen LogP contribution is -2.33. The number of thioether (sulfide) groups is 1. The minimum Gasteiger partial charge on any atom is -0.495 e. The molecule has 0 aliphatic rings. The number of ether oxygens (including phenoxy) is 1. The number of nitrogens with zero attached hydrogens (tertiary/aromatic N) is 4. The number of nitrogens with one attached hydrogen (secondary N) is 1. The summed E-state index contributed by atoms with van der Waals surface area (Å²) in [4.78, 5) is 16.6. The summed E-state index contributed by atoms with van der Waals surface area (Å²) in [5, 5.41) is 12.2. The molecular weight excluding hydrogens is 374 g/mol. The average Bonchev–Trinajstić information content (AvgIpc) is 3.16. The molecule has 2 aromatic heterocycles. The van der Waals surface area contributed by atoms with E-state index in [4.69, 9.17) is 4.74 Å². The van der Waals surface area contributed by atoms with E-state index in [0.29, 0.717) is 22.4 Å². The number of hydrogen-bond donors (Lipinski definition) is 1. The SMILES string of the molecule is CC[C@H](C)NC(=O)CSc1nnc(-c2ccccn2)n1-c1ccccc1OC. The molecule has 2 heterocycles. The van der Waals surface area contributed by atoms with E-state index in [2.05, 4.69) is 20.5 Å². The van der Waals surface area contributed by atoms with Gasteiger partial charge in [0.25, 0.3) is 0 Å². The van der Waals surface area contributed by atoms with Crippen molar-refractivity contribution >= 4 is 17.7 Å². The lowest BCUT2D eigenvalue weighted by molar-refractivity contribution is -0.119. The van der Waals surface area contributed by atoms with Gasteiger partial charge in [0.2, 0.25) is 5.91 Å². The van der Waals surface area contributed by atoms with Gasteiger partial charge in [-0.1, -0.05) is 36.9 Å². The number of hydrogen-bond acceptors (Lipinski definition) is 6. The van der Waals surface area contributed by atoms with Crippen LogP contribution in [0.25, 0.3) is 17.2 Å². The molecule has 1 aromatic carbocycles. The Morgan fingerprint density at radius 2 is 2.00 bits per heavy atom. The summed E-state index contributed by atoms with van der Waals surface area (Å²) >= 11 is 1.33. The maximum absolute atomic E-state index is 12.2. The molecule has 1 amide bonds. The Morgan fingerprint density at radius 1 is 1.21 bits per heavy atom. The molecule has 3 aromatic rings. The average molecular weight is 398 g/mol. The molecule has 0 aliphatic heterocycles. The highest BCUT2D eigenvalue weighted by molar-refractivity contribution is 7.99. The smallest absolute Gasteiger partial charge is 0.230 e. The van der Waals surface area contributed by atoms with E-state index in [9.17, 15) is 4.79 Å². The fourth-order valence-corrected chi connectivity index (χ4v) is 3.36. The second-order valence-corrected chi connectivity index (χ2v) is 7.14. The van der Waals surface area contributed by atoms with Crippen LogP contribution in [0.15, 0.2) is 53.8 Å². The summed E-state index contributed by atoms with van der Waals surface area (Å²) in [5.74, 6) is 1.49. The first kappa shape index (κ1) is 19.9. The minimum atomic E-state index is -0.0340. The van der Waals surface area contributed by atoms with E-state index in [1.807, 2.05) is 60.9 Å². The summed E-state index contributed by atoms with van der Waals surface area (Å²) in [6.45, 7) is 4.02. The molecule has 0 spiro atoms. The van der Waals surface area contributed by atoms with Gasteiger partial charge in [-0.3, -0.25) is 14.3 Å². The number of rotatable bonds is 8. The second kappa shape index (κ2) is 9.36. The summed E-state index contributed by atoms with van der Waals surface area (Å²) in [6, 6.07) is 13.4. The van der Waals surface area contributed by atoms with Gasteiger partial charge in [0.1, 0.15) is 11.4 Å². The quantitative estimate of drug-likeness (QED) is 0.587. The Kier molecular flexibility index (Phi) is 6.65. The third-order valence-corrected chi connectivity index (χ3v) is 5.13. The molecule has 0 aliphatic carbocycles. The maximum atomic E-state index is 12.2. The molecule has 0 radical (unpaired) electrons. The second-order valence-electron chi connectivity index (χ2n) is 6.19. The number of pyridine rings is 1. The Morgan fingerprint density at radius 3 is 2.71 bits per heavy atom. The summed E-state index contributed by atoms with van der Waals surface area (Å²) < 4.78 is 7.40. The number of carbonyl (C=O) groups excluding carboxylic acids is 1. The molecule has 0 saturated heterocycles. The Bertz CT molecular complexity index is 929. The van der Waals surface area contributed by atoms with Gasteiger partial charge in [0, 0.05) is 12.2 Å². The van der Waals surface area contributed by atoms with Crippen LogP contribution in [0.2, 0.25) is 0 Å². The van der Waals surface area contributed by atoms with Gasteiger partial charge in [-0.25, -0.2) is 0 Å². The van der Waals surface area contributed by atoms with Gasteiger partial charge in [-0.2, -0.15) is 0 Å². The summed E-state index contributed by atoms with van der Waals surface area (Å²) in [7, 11) is 1.62. The van der Waals surface area contributed by atoms with Crippen LogP contribution >= 0.6 is 11.8 Å². The highest BCUT2D eigenvalue weighted by atomic mass is 32.2. The Balaban J connectivity index is 1.97. The van der Waals surface area contributed by atoms with Crippen LogP contribution in [0.5, 0.6) is 5.75 Å². The fourth-order valence-electron chi connectivity index (χ4n) is 2.60. The molecule has 0 unspecified atom stereocenters. The zero-order valence-corrected chi connectivity index (χ0v) is 16.9. The van der Waals surface area contributed by atoms with Crippen molar-refractivity contribution < 1.29 is 9.53 Å². The number of methoxy groups -OCH3 is 1. The lowest BCUT2D eigenvalue weighted by Gasteiger charge is -2.14. The summed E-state index contributed by atoms with van der Waals surface area (Å²) in [6.07, 6.45) is 2.60. The number of amides is 1. The van der Waals surface area contributed by atoms with Gasteiger partial charge < -0.3 is 10.1 Å². The fraction of sp³-hybridized carbons (Fsp3) is 0.300. The van der Waals surface area contributed by atoms with Crippen LogP contribution in [0.4, 0.5) is 0 Å². The number of benzene rings is 1.